The number of hydrogen-bond donors (Lipinski definition) is 1. The third-order valence-electron chi connectivity index (χ3n) is 4.46. The van der Waals surface area contributed by atoms with Crippen molar-refractivity contribution < 1.29 is 4.52 Å². The van der Waals surface area contributed by atoms with Crippen LogP contribution < -0.4 is 5.32 Å². The zero-order valence-corrected chi connectivity index (χ0v) is 14.0. The number of aryl methyl sites for hydroxylation is 1. The molecule has 0 radical (unpaired) electrons. The van der Waals surface area contributed by atoms with Crippen molar-refractivity contribution in [2.24, 2.45) is 0 Å². The van der Waals surface area contributed by atoms with Crippen LogP contribution in [-0.4, -0.2) is 23.2 Å². The molecule has 2 heterocycles. The predicted molar refractivity (Wildman–Crippen MR) is 86.2 cm³/mol. The standard InChI is InChI=1S/C16H20BrN3O/c1-3-16(7-4-8-18-10-16)15-19-14(20-21-15)12-6-5-11(2)13(17)9-12/h5-6,9,18H,3-4,7-8,10H2,1-2H3. The summed E-state index contributed by atoms with van der Waals surface area (Å²) in [5, 5.41) is 7.65. The van der Waals surface area contributed by atoms with Gasteiger partial charge >= 0.3 is 0 Å². The topological polar surface area (TPSA) is 51.0 Å². The van der Waals surface area contributed by atoms with Crippen molar-refractivity contribution in [3.63, 3.8) is 0 Å². The van der Waals surface area contributed by atoms with Crippen LogP contribution in [0.1, 0.15) is 37.6 Å². The molecule has 5 heteroatoms. The molecule has 1 atom stereocenters. The van der Waals surface area contributed by atoms with E-state index in [4.69, 9.17) is 4.52 Å². The van der Waals surface area contributed by atoms with E-state index in [2.05, 4.69) is 51.3 Å². The number of aromatic nitrogens is 2. The van der Waals surface area contributed by atoms with Crippen LogP contribution in [0.2, 0.25) is 0 Å². The fourth-order valence-electron chi connectivity index (χ4n) is 2.89. The van der Waals surface area contributed by atoms with Crippen molar-refractivity contribution in [3.05, 3.63) is 34.1 Å². The lowest BCUT2D eigenvalue weighted by Crippen LogP contribution is -2.43. The maximum Gasteiger partial charge on any atom is 0.234 e. The number of halogens is 1. The van der Waals surface area contributed by atoms with Gasteiger partial charge in [-0.1, -0.05) is 40.1 Å². The average Bonchev–Trinajstić information content (AvgIpc) is 3.01. The molecule has 1 unspecified atom stereocenters. The Morgan fingerprint density at radius 2 is 2.29 bits per heavy atom. The fraction of sp³-hybridized carbons (Fsp3) is 0.500. The highest BCUT2D eigenvalue weighted by molar-refractivity contribution is 9.10. The summed E-state index contributed by atoms with van der Waals surface area (Å²) >= 11 is 3.55. The van der Waals surface area contributed by atoms with Gasteiger partial charge in [0.25, 0.3) is 0 Å². The zero-order chi connectivity index (χ0) is 14.9. The van der Waals surface area contributed by atoms with Crippen molar-refractivity contribution in [2.45, 2.75) is 38.5 Å². The Hall–Kier alpha value is -1.20. The van der Waals surface area contributed by atoms with E-state index in [1.54, 1.807) is 0 Å². The highest BCUT2D eigenvalue weighted by atomic mass is 79.9. The van der Waals surface area contributed by atoms with Crippen molar-refractivity contribution in [2.75, 3.05) is 13.1 Å². The molecule has 1 aromatic heterocycles. The molecule has 112 valence electrons. The van der Waals surface area contributed by atoms with E-state index in [1.165, 1.54) is 5.56 Å². The Bertz CT molecular complexity index is 632. The number of nitrogens with zero attached hydrogens (tertiary/aromatic N) is 2. The van der Waals surface area contributed by atoms with E-state index in [-0.39, 0.29) is 5.41 Å². The Morgan fingerprint density at radius 3 is 2.95 bits per heavy atom. The summed E-state index contributed by atoms with van der Waals surface area (Å²) in [5.74, 6) is 1.44. The molecule has 1 fully saturated rings. The minimum Gasteiger partial charge on any atom is -0.338 e. The van der Waals surface area contributed by atoms with E-state index in [0.717, 1.165) is 48.3 Å². The van der Waals surface area contributed by atoms with Gasteiger partial charge in [-0.2, -0.15) is 4.98 Å². The molecule has 2 aromatic rings. The summed E-state index contributed by atoms with van der Waals surface area (Å²) in [6.07, 6.45) is 3.27. The van der Waals surface area contributed by atoms with Crippen LogP contribution in [0.15, 0.2) is 27.2 Å². The van der Waals surface area contributed by atoms with Gasteiger partial charge in [0.1, 0.15) is 0 Å². The maximum absolute atomic E-state index is 5.61. The molecule has 1 N–H and O–H groups in total. The van der Waals surface area contributed by atoms with Crippen molar-refractivity contribution in [3.8, 4) is 11.4 Å². The summed E-state index contributed by atoms with van der Waals surface area (Å²) in [6.45, 7) is 6.25. The molecule has 1 saturated heterocycles. The summed E-state index contributed by atoms with van der Waals surface area (Å²) in [5.41, 5.74) is 2.17. The molecule has 21 heavy (non-hydrogen) atoms. The van der Waals surface area contributed by atoms with E-state index < -0.39 is 0 Å². The SMILES string of the molecule is CCC1(c2nc(-c3ccc(C)c(Br)c3)no2)CCCNC1. The summed E-state index contributed by atoms with van der Waals surface area (Å²) in [4.78, 5) is 4.68. The number of hydrogen-bond acceptors (Lipinski definition) is 4. The minimum atomic E-state index is -0.00850. The largest absolute Gasteiger partial charge is 0.338 e. The van der Waals surface area contributed by atoms with Crippen LogP contribution in [0.4, 0.5) is 0 Å². The van der Waals surface area contributed by atoms with E-state index in [1.807, 2.05) is 12.1 Å². The van der Waals surface area contributed by atoms with Crippen molar-refractivity contribution in [1.29, 1.82) is 0 Å². The molecule has 0 spiro atoms. The lowest BCUT2D eigenvalue weighted by molar-refractivity contribution is 0.221. The van der Waals surface area contributed by atoms with Gasteiger partial charge in [-0.25, -0.2) is 0 Å². The molecule has 3 rings (SSSR count). The number of benzene rings is 1. The lowest BCUT2D eigenvalue weighted by atomic mass is 9.78. The normalized spacial score (nSPS) is 22.4. The zero-order valence-electron chi connectivity index (χ0n) is 12.4. The first-order valence-corrected chi connectivity index (χ1v) is 8.25. The smallest absolute Gasteiger partial charge is 0.234 e. The summed E-state index contributed by atoms with van der Waals surface area (Å²) in [7, 11) is 0. The van der Waals surface area contributed by atoms with Crippen molar-refractivity contribution >= 4 is 15.9 Å². The quantitative estimate of drug-likeness (QED) is 0.914. The lowest BCUT2D eigenvalue weighted by Gasteiger charge is -2.33. The molecule has 1 aromatic carbocycles. The molecule has 0 aliphatic carbocycles. The summed E-state index contributed by atoms with van der Waals surface area (Å²) < 4.78 is 6.67. The molecule has 1 aliphatic heterocycles. The van der Waals surface area contributed by atoms with Crippen LogP contribution in [0.25, 0.3) is 11.4 Å². The van der Waals surface area contributed by atoms with Crippen molar-refractivity contribution in [1.82, 2.24) is 15.5 Å². The third kappa shape index (κ3) is 2.77. The first kappa shape index (κ1) is 14.7. The molecule has 0 amide bonds. The third-order valence-corrected chi connectivity index (χ3v) is 5.31. The van der Waals surface area contributed by atoms with E-state index in [0.29, 0.717) is 5.82 Å². The number of rotatable bonds is 3. The van der Waals surface area contributed by atoms with E-state index in [9.17, 15) is 0 Å². The second-order valence-electron chi connectivity index (χ2n) is 5.80. The van der Waals surface area contributed by atoms with Crippen LogP contribution in [0.5, 0.6) is 0 Å². The first-order valence-electron chi connectivity index (χ1n) is 7.46. The minimum absolute atomic E-state index is 0.00850. The van der Waals surface area contributed by atoms with Gasteiger partial charge in [0.05, 0.1) is 5.41 Å². The van der Waals surface area contributed by atoms with Gasteiger partial charge in [0.15, 0.2) is 0 Å². The van der Waals surface area contributed by atoms with Gasteiger partial charge in [0.2, 0.25) is 11.7 Å². The van der Waals surface area contributed by atoms with Crippen LogP contribution in [0, 0.1) is 6.92 Å². The Kier molecular flexibility index (Phi) is 4.13. The number of nitrogens with one attached hydrogen (secondary N) is 1. The highest BCUT2D eigenvalue weighted by Gasteiger charge is 2.37. The van der Waals surface area contributed by atoms with Crippen LogP contribution in [0.3, 0.4) is 0 Å². The summed E-state index contributed by atoms with van der Waals surface area (Å²) in [6, 6.07) is 6.14. The Labute approximate surface area is 133 Å². The first-order chi connectivity index (χ1) is 10.1. The second-order valence-corrected chi connectivity index (χ2v) is 6.66. The molecular weight excluding hydrogens is 330 g/mol. The van der Waals surface area contributed by atoms with Gasteiger partial charge < -0.3 is 9.84 Å². The van der Waals surface area contributed by atoms with Gasteiger partial charge in [-0.05, 0) is 44.4 Å². The molecule has 0 saturated carbocycles. The molecule has 1 aliphatic rings. The van der Waals surface area contributed by atoms with Gasteiger partial charge in [0, 0.05) is 16.6 Å². The molecular formula is C16H20BrN3O. The predicted octanol–water partition coefficient (Wildman–Crippen LogP) is 3.84. The fourth-order valence-corrected chi connectivity index (χ4v) is 3.27. The monoisotopic (exact) mass is 349 g/mol. The average molecular weight is 350 g/mol. The Balaban J connectivity index is 1.93. The molecule has 4 nitrogen and oxygen atoms in total. The highest BCUT2D eigenvalue weighted by Crippen LogP contribution is 2.34. The van der Waals surface area contributed by atoms with Gasteiger partial charge in [-0.15, -0.1) is 0 Å². The van der Waals surface area contributed by atoms with Gasteiger partial charge in [-0.3, -0.25) is 0 Å². The van der Waals surface area contributed by atoms with Crippen LogP contribution in [-0.2, 0) is 5.41 Å². The Morgan fingerprint density at radius 1 is 1.43 bits per heavy atom. The number of piperidine rings is 1. The van der Waals surface area contributed by atoms with Crippen LogP contribution >= 0.6 is 15.9 Å². The second kappa shape index (κ2) is 5.89. The maximum atomic E-state index is 5.61. The molecule has 0 bridgehead atoms. The van der Waals surface area contributed by atoms with E-state index >= 15 is 0 Å².